The molecule has 0 aliphatic heterocycles. The van der Waals surface area contributed by atoms with Crippen molar-refractivity contribution >= 4 is 16.8 Å². The van der Waals surface area contributed by atoms with Gasteiger partial charge in [-0.05, 0) is 18.6 Å². The number of fused-ring (bicyclic) bond motifs is 1. The molecule has 0 radical (unpaired) electrons. The summed E-state index contributed by atoms with van der Waals surface area (Å²) in [5, 5.41) is 3.99. The normalized spacial score (nSPS) is 10.6. The summed E-state index contributed by atoms with van der Waals surface area (Å²) in [6.07, 6.45) is 0.954. The lowest BCUT2D eigenvalue weighted by Crippen LogP contribution is -2.25. The molecular formula is C13H16N2O. The van der Waals surface area contributed by atoms with Gasteiger partial charge in [0.05, 0.1) is 0 Å². The van der Waals surface area contributed by atoms with E-state index in [1.807, 2.05) is 48.9 Å². The highest BCUT2D eigenvalue weighted by molar-refractivity contribution is 5.98. The number of para-hydroxylation sites is 1. The standard InChI is InChI=1S/C13H16N2O/c1-3-8-14-13(16)12-9-10-6-4-5-7-11(10)15(12)2/h4-7,9H,3,8H2,1-2H3,(H,14,16). The van der Waals surface area contributed by atoms with E-state index in [-0.39, 0.29) is 5.91 Å². The fourth-order valence-electron chi connectivity index (χ4n) is 1.84. The predicted molar refractivity (Wildman–Crippen MR) is 65.5 cm³/mol. The number of nitrogens with one attached hydrogen (secondary N) is 1. The quantitative estimate of drug-likeness (QED) is 0.839. The van der Waals surface area contributed by atoms with Gasteiger partial charge in [0.15, 0.2) is 0 Å². The highest BCUT2D eigenvalue weighted by Crippen LogP contribution is 2.17. The summed E-state index contributed by atoms with van der Waals surface area (Å²) >= 11 is 0. The maximum Gasteiger partial charge on any atom is 0.267 e. The van der Waals surface area contributed by atoms with Gasteiger partial charge in [-0.2, -0.15) is 0 Å². The molecule has 0 saturated carbocycles. The molecule has 0 saturated heterocycles. The van der Waals surface area contributed by atoms with E-state index in [0.29, 0.717) is 0 Å². The minimum absolute atomic E-state index is 0.000509. The average molecular weight is 216 g/mol. The zero-order valence-electron chi connectivity index (χ0n) is 9.66. The second-order valence-electron chi connectivity index (χ2n) is 3.90. The first-order valence-corrected chi connectivity index (χ1v) is 5.56. The Morgan fingerprint density at radius 3 is 2.81 bits per heavy atom. The van der Waals surface area contributed by atoms with E-state index in [2.05, 4.69) is 5.32 Å². The Hall–Kier alpha value is -1.77. The van der Waals surface area contributed by atoms with Gasteiger partial charge in [0, 0.05) is 24.5 Å². The van der Waals surface area contributed by atoms with Gasteiger partial charge in [-0.1, -0.05) is 25.1 Å². The highest BCUT2D eigenvalue weighted by Gasteiger charge is 2.11. The number of hydrogen-bond acceptors (Lipinski definition) is 1. The minimum atomic E-state index is 0.000509. The summed E-state index contributed by atoms with van der Waals surface area (Å²) in [5.41, 5.74) is 1.80. The van der Waals surface area contributed by atoms with Crippen LogP contribution in [0.3, 0.4) is 0 Å². The van der Waals surface area contributed by atoms with Crippen LogP contribution in [0, 0.1) is 0 Å². The fourth-order valence-corrected chi connectivity index (χ4v) is 1.84. The summed E-state index contributed by atoms with van der Waals surface area (Å²) < 4.78 is 1.93. The van der Waals surface area contributed by atoms with E-state index >= 15 is 0 Å². The third-order valence-corrected chi connectivity index (χ3v) is 2.72. The SMILES string of the molecule is CCCNC(=O)c1cc2ccccc2n1C. The number of rotatable bonds is 3. The molecule has 3 nitrogen and oxygen atoms in total. The Morgan fingerprint density at radius 1 is 1.38 bits per heavy atom. The van der Waals surface area contributed by atoms with E-state index in [1.54, 1.807) is 0 Å². The number of carbonyl (C=O) groups is 1. The first-order valence-electron chi connectivity index (χ1n) is 5.56. The monoisotopic (exact) mass is 216 g/mol. The Labute approximate surface area is 95.1 Å². The van der Waals surface area contributed by atoms with Crippen LogP contribution in [0.1, 0.15) is 23.8 Å². The smallest absolute Gasteiger partial charge is 0.267 e. The maximum absolute atomic E-state index is 11.9. The summed E-state index contributed by atoms with van der Waals surface area (Å²) in [4.78, 5) is 11.9. The highest BCUT2D eigenvalue weighted by atomic mass is 16.1. The van der Waals surface area contributed by atoms with Gasteiger partial charge < -0.3 is 9.88 Å². The number of aryl methyl sites for hydroxylation is 1. The van der Waals surface area contributed by atoms with E-state index in [9.17, 15) is 4.79 Å². The van der Waals surface area contributed by atoms with Crippen LogP contribution in [0.2, 0.25) is 0 Å². The molecule has 2 aromatic rings. The molecule has 84 valence electrons. The van der Waals surface area contributed by atoms with E-state index in [0.717, 1.165) is 29.6 Å². The molecule has 0 spiro atoms. The number of nitrogens with zero attached hydrogens (tertiary/aromatic N) is 1. The molecule has 1 heterocycles. The molecule has 0 atom stereocenters. The Morgan fingerprint density at radius 2 is 2.12 bits per heavy atom. The molecule has 1 amide bonds. The second-order valence-corrected chi connectivity index (χ2v) is 3.90. The molecule has 1 N–H and O–H groups in total. The van der Waals surface area contributed by atoms with Crippen molar-refractivity contribution in [1.29, 1.82) is 0 Å². The van der Waals surface area contributed by atoms with Crippen molar-refractivity contribution in [2.75, 3.05) is 6.54 Å². The topological polar surface area (TPSA) is 34.0 Å². The Kier molecular flexibility index (Phi) is 2.95. The molecule has 0 aliphatic rings. The zero-order chi connectivity index (χ0) is 11.5. The van der Waals surface area contributed by atoms with E-state index in [4.69, 9.17) is 0 Å². The third kappa shape index (κ3) is 1.81. The van der Waals surface area contributed by atoms with E-state index < -0.39 is 0 Å². The number of amides is 1. The molecular weight excluding hydrogens is 200 g/mol. The van der Waals surface area contributed by atoms with Crippen molar-refractivity contribution in [3.63, 3.8) is 0 Å². The molecule has 1 aromatic carbocycles. The van der Waals surface area contributed by atoms with Gasteiger partial charge in [0.2, 0.25) is 0 Å². The van der Waals surface area contributed by atoms with Crippen LogP contribution in [0.15, 0.2) is 30.3 Å². The van der Waals surface area contributed by atoms with Gasteiger partial charge in [0.1, 0.15) is 5.69 Å². The number of benzene rings is 1. The summed E-state index contributed by atoms with van der Waals surface area (Å²) in [6, 6.07) is 9.93. The largest absolute Gasteiger partial charge is 0.351 e. The summed E-state index contributed by atoms with van der Waals surface area (Å²) in [6.45, 7) is 2.77. The molecule has 0 fully saturated rings. The third-order valence-electron chi connectivity index (χ3n) is 2.72. The average Bonchev–Trinajstić information content (AvgIpc) is 2.64. The Bertz CT molecular complexity index is 514. The van der Waals surface area contributed by atoms with Gasteiger partial charge in [0.25, 0.3) is 5.91 Å². The molecule has 16 heavy (non-hydrogen) atoms. The van der Waals surface area contributed by atoms with Crippen LogP contribution < -0.4 is 5.32 Å². The first kappa shape index (κ1) is 10.7. The van der Waals surface area contributed by atoms with Gasteiger partial charge in [-0.25, -0.2) is 0 Å². The van der Waals surface area contributed by atoms with Crippen molar-refractivity contribution < 1.29 is 4.79 Å². The van der Waals surface area contributed by atoms with Crippen LogP contribution in [0.4, 0.5) is 0 Å². The predicted octanol–water partition coefficient (Wildman–Crippen LogP) is 2.32. The zero-order valence-corrected chi connectivity index (χ0v) is 9.66. The number of hydrogen-bond donors (Lipinski definition) is 1. The van der Waals surface area contributed by atoms with Gasteiger partial charge >= 0.3 is 0 Å². The van der Waals surface area contributed by atoms with Gasteiger partial charge in [-0.15, -0.1) is 0 Å². The van der Waals surface area contributed by atoms with Crippen LogP contribution in [0.5, 0.6) is 0 Å². The second kappa shape index (κ2) is 4.39. The van der Waals surface area contributed by atoms with Crippen LogP contribution >= 0.6 is 0 Å². The molecule has 0 bridgehead atoms. The molecule has 3 heteroatoms. The summed E-state index contributed by atoms with van der Waals surface area (Å²) in [7, 11) is 1.92. The van der Waals surface area contributed by atoms with Crippen molar-refractivity contribution in [3.8, 4) is 0 Å². The lowest BCUT2D eigenvalue weighted by molar-refractivity contribution is 0.0946. The molecule has 1 aromatic heterocycles. The lowest BCUT2D eigenvalue weighted by atomic mass is 10.2. The van der Waals surface area contributed by atoms with Gasteiger partial charge in [-0.3, -0.25) is 4.79 Å². The van der Waals surface area contributed by atoms with Crippen molar-refractivity contribution in [1.82, 2.24) is 9.88 Å². The van der Waals surface area contributed by atoms with Crippen molar-refractivity contribution in [2.45, 2.75) is 13.3 Å². The van der Waals surface area contributed by atoms with Crippen LogP contribution in [-0.2, 0) is 7.05 Å². The molecule has 2 rings (SSSR count). The van der Waals surface area contributed by atoms with Crippen molar-refractivity contribution in [2.24, 2.45) is 7.05 Å². The molecule has 0 unspecified atom stereocenters. The minimum Gasteiger partial charge on any atom is -0.351 e. The molecule has 0 aliphatic carbocycles. The van der Waals surface area contributed by atoms with Crippen molar-refractivity contribution in [3.05, 3.63) is 36.0 Å². The Balaban J connectivity index is 2.37. The van der Waals surface area contributed by atoms with E-state index in [1.165, 1.54) is 0 Å². The number of aromatic nitrogens is 1. The first-order chi connectivity index (χ1) is 7.74. The summed E-state index contributed by atoms with van der Waals surface area (Å²) in [5.74, 6) is 0.000509. The number of carbonyl (C=O) groups excluding carboxylic acids is 1. The van der Waals surface area contributed by atoms with Crippen LogP contribution in [0.25, 0.3) is 10.9 Å². The fraction of sp³-hybridized carbons (Fsp3) is 0.308. The maximum atomic E-state index is 11.9. The lowest BCUT2D eigenvalue weighted by Gasteiger charge is -2.04. The van der Waals surface area contributed by atoms with Crippen LogP contribution in [-0.4, -0.2) is 17.0 Å².